The molecule has 0 aromatic rings. The van der Waals surface area contributed by atoms with Crippen molar-refractivity contribution in [3.8, 4) is 0 Å². The molecule has 10 heavy (non-hydrogen) atoms. The van der Waals surface area contributed by atoms with Crippen LogP contribution in [0, 0.1) is 11.8 Å². The van der Waals surface area contributed by atoms with Crippen LogP contribution in [-0.2, 0) is 0 Å². The van der Waals surface area contributed by atoms with E-state index in [9.17, 15) is 0 Å². The third kappa shape index (κ3) is 1.96. The van der Waals surface area contributed by atoms with Crippen molar-refractivity contribution < 1.29 is 0 Å². The van der Waals surface area contributed by atoms with Crippen molar-refractivity contribution in [2.75, 3.05) is 19.6 Å². The van der Waals surface area contributed by atoms with Crippen molar-refractivity contribution in [2.45, 2.75) is 19.8 Å². The van der Waals surface area contributed by atoms with Gasteiger partial charge in [0.2, 0.25) is 0 Å². The van der Waals surface area contributed by atoms with Crippen LogP contribution in [0.15, 0.2) is 0 Å². The van der Waals surface area contributed by atoms with Crippen LogP contribution in [0.2, 0.25) is 0 Å². The van der Waals surface area contributed by atoms with Gasteiger partial charge in [-0.05, 0) is 44.3 Å². The van der Waals surface area contributed by atoms with Crippen molar-refractivity contribution in [1.82, 2.24) is 5.32 Å². The van der Waals surface area contributed by atoms with Crippen LogP contribution in [0.1, 0.15) is 19.8 Å². The first-order valence-corrected chi connectivity index (χ1v) is 4.25. The number of hydrogen-bond acceptors (Lipinski definition) is 2. The van der Waals surface area contributed by atoms with Gasteiger partial charge in [0, 0.05) is 0 Å². The lowest BCUT2D eigenvalue weighted by molar-refractivity contribution is 0.368. The minimum atomic E-state index is 0.819. The Kier molecular flexibility index (Phi) is 3.16. The molecule has 1 fully saturated rings. The topological polar surface area (TPSA) is 38.0 Å². The summed E-state index contributed by atoms with van der Waals surface area (Å²) >= 11 is 0. The molecule has 2 atom stereocenters. The zero-order valence-electron chi connectivity index (χ0n) is 6.77. The van der Waals surface area contributed by atoms with Crippen LogP contribution in [0.4, 0.5) is 0 Å². The van der Waals surface area contributed by atoms with E-state index in [1.807, 2.05) is 0 Å². The quantitative estimate of drug-likeness (QED) is 0.605. The molecule has 0 spiro atoms. The van der Waals surface area contributed by atoms with Crippen LogP contribution >= 0.6 is 0 Å². The van der Waals surface area contributed by atoms with Gasteiger partial charge in [0.25, 0.3) is 0 Å². The van der Waals surface area contributed by atoms with E-state index < -0.39 is 0 Å². The molecular weight excluding hydrogens is 124 g/mol. The van der Waals surface area contributed by atoms with Crippen LogP contribution in [0.25, 0.3) is 0 Å². The molecule has 1 aliphatic heterocycles. The number of nitrogens with two attached hydrogens (primary N) is 1. The summed E-state index contributed by atoms with van der Waals surface area (Å²) in [4.78, 5) is 0. The molecule has 1 rings (SSSR count). The maximum absolute atomic E-state index is 5.48. The van der Waals surface area contributed by atoms with Gasteiger partial charge in [-0.3, -0.25) is 0 Å². The van der Waals surface area contributed by atoms with Crippen LogP contribution in [0.5, 0.6) is 0 Å². The van der Waals surface area contributed by atoms with Gasteiger partial charge in [0.1, 0.15) is 0 Å². The number of hydrogen-bond donors (Lipinski definition) is 2. The fraction of sp³-hybridized carbons (Fsp3) is 1.00. The summed E-state index contributed by atoms with van der Waals surface area (Å²) in [5.41, 5.74) is 5.48. The second kappa shape index (κ2) is 3.94. The lowest BCUT2D eigenvalue weighted by Gasteiger charge is -2.16. The first-order chi connectivity index (χ1) is 4.84. The van der Waals surface area contributed by atoms with Crippen molar-refractivity contribution in [3.05, 3.63) is 0 Å². The predicted molar refractivity (Wildman–Crippen MR) is 43.8 cm³/mol. The predicted octanol–water partition coefficient (Wildman–Crippen LogP) is 0.581. The number of nitrogens with one attached hydrogen (secondary N) is 1. The highest BCUT2D eigenvalue weighted by atomic mass is 14.9. The monoisotopic (exact) mass is 142 g/mol. The summed E-state index contributed by atoms with van der Waals surface area (Å²) in [6.45, 7) is 5.57. The van der Waals surface area contributed by atoms with E-state index in [1.165, 1.54) is 25.9 Å². The third-order valence-electron chi connectivity index (χ3n) is 2.53. The van der Waals surface area contributed by atoms with E-state index in [-0.39, 0.29) is 0 Å². The van der Waals surface area contributed by atoms with Crippen LogP contribution < -0.4 is 11.1 Å². The van der Waals surface area contributed by atoms with Crippen molar-refractivity contribution >= 4 is 0 Å². The van der Waals surface area contributed by atoms with Gasteiger partial charge in [0.15, 0.2) is 0 Å². The average Bonchev–Trinajstić information content (AvgIpc) is 2.38. The number of rotatable bonds is 3. The standard InChI is InChI=1S/C8H18N2/c1-7(2-4-9)8-3-5-10-6-8/h7-8,10H,2-6,9H2,1H3. The Balaban J connectivity index is 2.18. The Morgan fingerprint density at radius 1 is 1.70 bits per heavy atom. The summed E-state index contributed by atoms with van der Waals surface area (Å²) in [7, 11) is 0. The summed E-state index contributed by atoms with van der Waals surface area (Å²) in [5.74, 6) is 1.71. The highest BCUT2D eigenvalue weighted by Crippen LogP contribution is 2.20. The summed E-state index contributed by atoms with van der Waals surface area (Å²) < 4.78 is 0. The van der Waals surface area contributed by atoms with Gasteiger partial charge < -0.3 is 11.1 Å². The Labute approximate surface area is 63.2 Å². The molecular formula is C8H18N2. The zero-order chi connectivity index (χ0) is 7.40. The van der Waals surface area contributed by atoms with Crippen molar-refractivity contribution in [2.24, 2.45) is 17.6 Å². The summed E-state index contributed by atoms with van der Waals surface area (Å²) in [5, 5.41) is 3.37. The van der Waals surface area contributed by atoms with E-state index >= 15 is 0 Å². The fourth-order valence-electron chi connectivity index (χ4n) is 1.66. The van der Waals surface area contributed by atoms with Gasteiger partial charge in [-0.25, -0.2) is 0 Å². The first-order valence-electron chi connectivity index (χ1n) is 4.25. The van der Waals surface area contributed by atoms with Gasteiger partial charge in [0.05, 0.1) is 0 Å². The fourth-order valence-corrected chi connectivity index (χ4v) is 1.66. The lowest BCUT2D eigenvalue weighted by Crippen LogP contribution is -2.18. The highest BCUT2D eigenvalue weighted by Gasteiger charge is 2.19. The maximum Gasteiger partial charge on any atom is -0.00175 e. The van der Waals surface area contributed by atoms with E-state index in [0.717, 1.165) is 18.4 Å². The van der Waals surface area contributed by atoms with E-state index in [4.69, 9.17) is 5.73 Å². The minimum Gasteiger partial charge on any atom is -0.330 e. The second-order valence-electron chi connectivity index (χ2n) is 3.31. The molecule has 2 unspecified atom stereocenters. The average molecular weight is 142 g/mol. The highest BCUT2D eigenvalue weighted by molar-refractivity contribution is 4.75. The van der Waals surface area contributed by atoms with E-state index in [2.05, 4.69) is 12.2 Å². The molecule has 0 bridgehead atoms. The molecule has 0 aromatic carbocycles. The zero-order valence-corrected chi connectivity index (χ0v) is 6.77. The molecule has 0 amide bonds. The molecule has 0 aromatic heterocycles. The summed E-state index contributed by atoms with van der Waals surface area (Å²) in [6, 6.07) is 0. The van der Waals surface area contributed by atoms with Crippen LogP contribution in [0.3, 0.4) is 0 Å². The first kappa shape index (κ1) is 8.02. The Bertz CT molecular complexity index is 87.3. The molecule has 1 saturated heterocycles. The SMILES string of the molecule is CC(CCN)C1CCNC1. The molecule has 2 nitrogen and oxygen atoms in total. The minimum absolute atomic E-state index is 0.819. The third-order valence-corrected chi connectivity index (χ3v) is 2.53. The van der Waals surface area contributed by atoms with Gasteiger partial charge >= 0.3 is 0 Å². The van der Waals surface area contributed by atoms with Crippen molar-refractivity contribution in [3.63, 3.8) is 0 Å². The van der Waals surface area contributed by atoms with Crippen molar-refractivity contribution in [1.29, 1.82) is 0 Å². The maximum atomic E-state index is 5.48. The molecule has 60 valence electrons. The Morgan fingerprint density at radius 2 is 2.50 bits per heavy atom. The van der Waals surface area contributed by atoms with Gasteiger partial charge in [-0.2, -0.15) is 0 Å². The molecule has 1 heterocycles. The molecule has 0 aliphatic carbocycles. The van der Waals surface area contributed by atoms with Crippen LogP contribution in [-0.4, -0.2) is 19.6 Å². The van der Waals surface area contributed by atoms with Gasteiger partial charge in [-0.15, -0.1) is 0 Å². The smallest absolute Gasteiger partial charge is 0.00175 e. The molecule has 0 radical (unpaired) electrons. The van der Waals surface area contributed by atoms with E-state index in [0.29, 0.717) is 0 Å². The summed E-state index contributed by atoms with van der Waals surface area (Å²) in [6.07, 6.45) is 2.54. The van der Waals surface area contributed by atoms with E-state index in [1.54, 1.807) is 0 Å². The lowest BCUT2D eigenvalue weighted by atomic mass is 9.91. The Morgan fingerprint density at radius 3 is 3.00 bits per heavy atom. The molecule has 1 aliphatic rings. The second-order valence-corrected chi connectivity index (χ2v) is 3.31. The van der Waals surface area contributed by atoms with Gasteiger partial charge in [-0.1, -0.05) is 6.92 Å². The normalized spacial score (nSPS) is 28.8. The molecule has 0 saturated carbocycles. The molecule has 2 heteroatoms. The Hall–Kier alpha value is -0.0800. The molecule has 3 N–H and O–H groups in total. The largest absolute Gasteiger partial charge is 0.330 e.